The topological polar surface area (TPSA) is 69.7 Å². The first-order chi connectivity index (χ1) is 13.6. The van der Waals surface area contributed by atoms with E-state index in [1.807, 2.05) is 42.6 Å². The fourth-order valence-electron chi connectivity index (χ4n) is 3.39. The molecule has 1 atom stereocenters. The first-order valence-corrected chi connectivity index (χ1v) is 10.1. The van der Waals surface area contributed by atoms with Crippen LogP contribution in [-0.2, 0) is 11.3 Å². The van der Waals surface area contributed by atoms with Gasteiger partial charge in [0.05, 0.1) is 29.0 Å². The van der Waals surface area contributed by atoms with Gasteiger partial charge in [-0.15, -0.1) is 11.3 Å². The molecule has 0 spiro atoms. The smallest absolute Gasteiger partial charge is 0.270 e. The number of nitro benzene ring substituents is 1. The summed E-state index contributed by atoms with van der Waals surface area (Å²) in [7, 11) is 0. The molecule has 144 valence electrons. The lowest BCUT2D eigenvalue weighted by molar-refractivity contribution is -0.384. The monoisotopic (exact) mass is 395 g/mol. The average Bonchev–Trinajstić information content (AvgIpc) is 3.35. The number of nitrogens with zero attached hydrogens (tertiary/aromatic N) is 3. The summed E-state index contributed by atoms with van der Waals surface area (Å²) >= 11 is 1.54. The average molecular weight is 395 g/mol. The zero-order valence-corrected chi connectivity index (χ0v) is 16.4. The number of hydrogen-bond acceptors (Lipinski definition) is 5. The molecule has 6 nitrogen and oxygen atoms in total. The minimum absolute atomic E-state index is 0.0877. The number of non-ortho nitro benzene ring substituents is 1. The standard InChI is InChI=1S/C21H21N3O3S/c1-15-6-2-3-10-19(15)22-21-23(13-18-9-5-11-27-18)20(14-28-21)16-7-4-8-17(12-16)24(25)26/h2-4,6-8,10,12,14,18H,5,9,11,13H2,1H3. The molecule has 0 radical (unpaired) electrons. The molecule has 28 heavy (non-hydrogen) atoms. The largest absolute Gasteiger partial charge is 0.376 e. The molecule has 1 aliphatic rings. The van der Waals surface area contributed by atoms with Crippen LogP contribution in [0.15, 0.2) is 58.9 Å². The first kappa shape index (κ1) is 18.6. The van der Waals surface area contributed by atoms with E-state index in [0.717, 1.165) is 46.8 Å². The van der Waals surface area contributed by atoms with Crippen molar-refractivity contribution in [1.82, 2.24) is 4.57 Å². The fourth-order valence-corrected chi connectivity index (χ4v) is 4.32. The maximum atomic E-state index is 11.2. The molecule has 2 heterocycles. The number of ether oxygens (including phenoxy) is 1. The maximum Gasteiger partial charge on any atom is 0.270 e. The van der Waals surface area contributed by atoms with Crippen LogP contribution < -0.4 is 4.80 Å². The number of hydrogen-bond donors (Lipinski definition) is 0. The Balaban J connectivity index is 1.83. The summed E-state index contributed by atoms with van der Waals surface area (Å²) in [5.41, 5.74) is 3.86. The highest BCUT2D eigenvalue weighted by molar-refractivity contribution is 7.07. The summed E-state index contributed by atoms with van der Waals surface area (Å²) in [6, 6.07) is 14.8. The van der Waals surface area contributed by atoms with Crippen LogP contribution in [0.4, 0.5) is 11.4 Å². The van der Waals surface area contributed by atoms with Crippen LogP contribution in [0.25, 0.3) is 11.3 Å². The molecule has 0 amide bonds. The van der Waals surface area contributed by atoms with E-state index in [1.54, 1.807) is 23.5 Å². The van der Waals surface area contributed by atoms with E-state index in [4.69, 9.17) is 9.73 Å². The van der Waals surface area contributed by atoms with Crippen molar-refractivity contribution in [3.63, 3.8) is 0 Å². The zero-order chi connectivity index (χ0) is 19.5. The quantitative estimate of drug-likeness (QED) is 0.458. The van der Waals surface area contributed by atoms with Gasteiger partial charge in [-0.25, -0.2) is 4.99 Å². The molecular weight excluding hydrogens is 374 g/mol. The summed E-state index contributed by atoms with van der Waals surface area (Å²) in [6.07, 6.45) is 2.22. The van der Waals surface area contributed by atoms with Crippen LogP contribution in [0, 0.1) is 17.0 Å². The molecule has 2 aromatic carbocycles. The van der Waals surface area contributed by atoms with Crippen molar-refractivity contribution in [1.29, 1.82) is 0 Å². The molecule has 0 aliphatic carbocycles. The number of benzene rings is 2. The normalized spacial score (nSPS) is 17.2. The van der Waals surface area contributed by atoms with E-state index in [-0.39, 0.29) is 16.7 Å². The number of thiazole rings is 1. The lowest BCUT2D eigenvalue weighted by atomic mass is 10.1. The van der Waals surface area contributed by atoms with E-state index in [0.29, 0.717) is 6.54 Å². The maximum absolute atomic E-state index is 11.2. The number of aryl methyl sites for hydroxylation is 1. The molecule has 1 aromatic heterocycles. The van der Waals surface area contributed by atoms with E-state index >= 15 is 0 Å². The Morgan fingerprint density at radius 2 is 2.14 bits per heavy atom. The third-order valence-corrected chi connectivity index (χ3v) is 5.76. The molecule has 1 unspecified atom stereocenters. The van der Waals surface area contributed by atoms with Gasteiger partial charge in [0, 0.05) is 29.7 Å². The van der Waals surface area contributed by atoms with Crippen molar-refractivity contribution >= 4 is 22.7 Å². The van der Waals surface area contributed by atoms with Gasteiger partial charge in [0.1, 0.15) is 0 Å². The molecule has 7 heteroatoms. The van der Waals surface area contributed by atoms with Gasteiger partial charge in [-0.1, -0.05) is 30.3 Å². The summed E-state index contributed by atoms with van der Waals surface area (Å²) in [6.45, 7) is 3.51. The Morgan fingerprint density at radius 3 is 2.89 bits per heavy atom. The Labute approximate surface area is 166 Å². The third-order valence-electron chi connectivity index (χ3n) is 4.89. The number of nitro groups is 1. The minimum atomic E-state index is -0.362. The molecule has 3 aromatic rings. The van der Waals surface area contributed by atoms with Crippen LogP contribution >= 0.6 is 11.3 Å². The number of rotatable bonds is 5. The van der Waals surface area contributed by atoms with E-state index in [1.165, 1.54) is 6.07 Å². The van der Waals surface area contributed by atoms with Gasteiger partial charge in [-0.05, 0) is 31.4 Å². The van der Waals surface area contributed by atoms with E-state index in [9.17, 15) is 10.1 Å². The van der Waals surface area contributed by atoms with Gasteiger partial charge in [0.25, 0.3) is 5.69 Å². The highest BCUT2D eigenvalue weighted by Gasteiger charge is 2.20. The van der Waals surface area contributed by atoms with Gasteiger partial charge in [0.15, 0.2) is 4.80 Å². The Kier molecular flexibility index (Phi) is 5.36. The minimum Gasteiger partial charge on any atom is -0.376 e. The SMILES string of the molecule is Cc1ccccc1N=c1scc(-c2cccc([N+](=O)[O-])c2)n1CC1CCCO1. The van der Waals surface area contributed by atoms with Crippen molar-refractivity contribution < 1.29 is 9.66 Å². The Morgan fingerprint density at radius 1 is 1.29 bits per heavy atom. The lowest BCUT2D eigenvalue weighted by Crippen LogP contribution is -2.24. The Hall–Kier alpha value is -2.77. The third kappa shape index (κ3) is 3.90. The molecule has 1 fully saturated rings. The molecule has 0 bridgehead atoms. The summed E-state index contributed by atoms with van der Waals surface area (Å²) in [4.78, 5) is 16.6. The second kappa shape index (κ2) is 8.08. The molecule has 0 N–H and O–H groups in total. The van der Waals surface area contributed by atoms with Crippen LogP contribution in [0.1, 0.15) is 18.4 Å². The van der Waals surface area contributed by atoms with Crippen molar-refractivity contribution in [2.45, 2.75) is 32.4 Å². The number of para-hydroxylation sites is 1. The second-order valence-corrected chi connectivity index (χ2v) is 7.69. The van der Waals surface area contributed by atoms with Crippen molar-refractivity contribution in [2.24, 2.45) is 4.99 Å². The predicted octanol–water partition coefficient (Wildman–Crippen LogP) is 4.84. The highest BCUT2D eigenvalue weighted by Crippen LogP contribution is 2.26. The second-order valence-electron chi connectivity index (χ2n) is 6.85. The molecule has 0 saturated carbocycles. The molecule has 1 aliphatic heterocycles. The van der Waals surface area contributed by atoms with Crippen LogP contribution in [0.3, 0.4) is 0 Å². The van der Waals surface area contributed by atoms with E-state index < -0.39 is 0 Å². The summed E-state index contributed by atoms with van der Waals surface area (Å²) < 4.78 is 7.97. The highest BCUT2D eigenvalue weighted by atomic mass is 32.1. The van der Waals surface area contributed by atoms with Gasteiger partial charge in [-0.2, -0.15) is 0 Å². The first-order valence-electron chi connectivity index (χ1n) is 9.27. The van der Waals surface area contributed by atoms with Crippen molar-refractivity contribution in [3.8, 4) is 11.3 Å². The molecule has 4 rings (SSSR count). The fraction of sp³-hybridized carbons (Fsp3) is 0.286. The van der Waals surface area contributed by atoms with Crippen LogP contribution in [0.2, 0.25) is 0 Å². The van der Waals surface area contributed by atoms with Gasteiger partial charge < -0.3 is 9.30 Å². The van der Waals surface area contributed by atoms with Gasteiger partial charge >= 0.3 is 0 Å². The number of aromatic nitrogens is 1. The van der Waals surface area contributed by atoms with Crippen molar-refractivity contribution in [3.05, 3.63) is 74.4 Å². The predicted molar refractivity (Wildman–Crippen MR) is 110 cm³/mol. The van der Waals surface area contributed by atoms with Crippen LogP contribution in [-0.4, -0.2) is 22.2 Å². The summed E-state index contributed by atoms with van der Waals surface area (Å²) in [5, 5.41) is 13.2. The van der Waals surface area contributed by atoms with E-state index in [2.05, 4.69) is 4.57 Å². The van der Waals surface area contributed by atoms with Crippen molar-refractivity contribution in [2.75, 3.05) is 6.61 Å². The Bertz CT molecular complexity index is 1060. The lowest BCUT2D eigenvalue weighted by Gasteiger charge is -2.14. The zero-order valence-electron chi connectivity index (χ0n) is 15.6. The van der Waals surface area contributed by atoms with Gasteiger partial charge in [0.2, 0.25) is 0 Å². The van der Waals surface area contributed by atoms with Crippen LogP contribution in [0.5, 0.6) is 0 Å². The molecule has 1 saturated heterocycles. The van der Waals surface area contributed by atoms with Gasteiger partial charge in [-0.3, -0.25) is 10.1 Å². The summed E-state index contributed by atoms with van der Waals surface area (Å²) in [5.74, 6) is 0. The molecular formula is C21H21N3O3S.